The van der Waals surface area contributed by atoms with Crippen LogP contribution >= 0.6 is 0 Å². The molecular weight excluding hydrogens is 254 g/mol. The van der Waals surface area contributed by atoms with Crippen LogP contribution in [0.2, 0.25) is 0 Å². The van der Waals surface area contributed by atoms with Gasteiger partial charge in [-0.1, -0.05) is 19.1 Å². The second-order valence-electron chi connectivity index (χ2n) is 4.32. The molecule has 0 bridgehead atoms. The smallest absolute Gasteiger partial charge is 0.226 e. The first kappa shape index (κ1) is 14.3. The van der Waals surface area contributed by atoms with Crippen molar-refractivity contribution in [3.05, 3.63) is 42.2 Å². The molecular formula is C15H19N3O2. The zero-order chi connectivity index (χ0) is 14.2. The van der Waals surface area contributed by atoms with E-state index in [9.17, 15) is 0 Å². The molecule has 0 fully saturated rings. The summed E-state index contributed by atoms with van der Waals surface area (Å²) in [7, 11) is 1.91. The van der Waals surface area contributed by atoms with Gasteiger partial charge in [0.1, 0.15) is 12.1 Å². The highest BCUT2D eigenvalue weighted by molar-refractivity contribution is 5.32. The van der Waals surface area contributed by atoms with E-state index in [0.29, 0.717) is 18.4 Å². The molecule has 0 saturated carbocycles. The van der Waals surface area contributed by atoms with Gasteiger partial charge in [0.25, 0.3) is 0 Å². The summed E-state index contributed by atoms with van der Waals surface area (Å²) in [5, 5.41) is 3.11. The van der Waals surface area contributed by atoms with Gasteiger partial charge in [0.2, 0.25) is 11.8 Å². The Kier molecular flexibility index (Phi) is 5.32. The van der Waals surface area contributed by atoms with Crippen molar-refractivity contribution in [2.75, 3.05) is 13.7 Å². The summed E-state index contributed by atoms with van der Waals surface area (Å²) in [6, 6.07) is 9.57. The lowest BCUT2D eigenvalue weighted by atomic mass is 10.2. The molecule has 0 saturated heterocycles. The number of benzene rings is 1. The molecule has 1 aromatic heterocycles. The highest BCUT2D eigenvalue weighted by Crippen LogP contribution is 2.22. The van der Waals surface area contributed by atoms with Crippen LogP contribution < -0.4 is 14.8 Å². The van der Waals surface area contributed by atoms with Gasteiger partial charge in [-0.3, -0.25) is 0 Å². The molecule has 0 amide bonds. The maximum atomic E-state index is 5.73. The number of rotatable bonds is 7. The fraction of sp³-hybridized carbons (Fsp3) is 0.333. The van der Waals surface area contributed by atoms with E-state index in [0.717, 1.165) is 24.3 Å². The van der Waals surface area contributed by atoms with E-state index in [-0.39, 0.29) is 0 Å². The quantitative estimate of drug-likeness (QED) is 0.840. The van der Waals surface area contributed by atoms with E-state index in [2.05, 4.69) is 15.3 Å². The second kappa shape index (κ2) is 7.45. The van der Waals surface area contributed by atoms with Crippen LogP contribution in [0.15, 0.2) is 36.7 Å². The zero-order valence-electron chi connectivity index (χ0n) is 11.8. The number of hydrogen-bond donors (Lipinski definition) is 1. The summed E-state index contributed by atoms with van der Waals surface area (Å²) in [5.41, 5.74) is 1.15. The van der Waals surface area contributed by atoms with Gasteiger partial charge in [0.05, 0.1) is 12.7 Å². The molecule has 0 aliphatic rings. The molecule has 0 aliphatic carbocycles. The van der Waals surface area contributed by atoms with Crippen molar-refractivity contribution in [3.8, 4) is 17.5 Å². The van der Waals surface area contributed by atoms with Gasteiger partial charge in [-0.15, -0.1) is 0 Å². The summed E-state index contributed by atoms with van der Waals surface area (Å²) >= 11 is 0. The largest absolute Gasteiger partial charge is 0.477 e. The van der Waals surface area contributed by atoms with Crippen LogP contribution in [0.1, 0.15) is 18.9 Å². The molecule has 20 heavy (non-hydrogen) atoms. The van der Waals surface area contributed by atoms with Crippen LogP contribution in [0.5, 0.6) is 17.5 Å². The Balaban J connectivity index is 2.07. The molecule has 0 spiro atoms. The number of nitrogens with zero attached hydrogens (tertiary/aromatic N) is 2. The molecule has 1 heterocycles. The Morgan fingerprint density at radius 1 is 1.15 bits per heavy atom. The normalized spacial score (nSPS) is 10.3. The van der Waals surface area contributed by atoms with Crippen LogP contribution in [0.4, 0.5) is 0 Å². The molecule has 0 aliphatic heterocycles. The lowest BCUT2D eigenvalue weighted by molar-refractivity contribution is 0.302. The lowest BCUT2D eigenvalue weighted by Gasteiger charge is -2.08. The minimum atomic E-state index is 0.479. The highest BCUT2D eigenvalue weighted by atomic mass is 16.5. The molecule has 0 atom stereocenters. The maximum Gasteiger partial charge on any atom is 0.226 e. The Morgan fingerprint density at radius 2 is 2.00 bits per heavy atom. The van der Waals surface area contributed by atoms with Crippen molar-refractivity contribution in [2.45, 2.75) is 19.9 Å². The van der Waals surface area contributed by atoms with E-state index in [1.807, 2.05) is 38.2 Å². The Bertz CT molecular complexity index is 546. The fourth-order valence-electron chi connectivity index (χ4n) is 1.71. The Labute approximate surface area is 119 Å². The average molecular weight is 273 g/mol. The number of nitrogens with one attached hydrogen (secondary N) is 1. The summed E-state index contributed by atoms with van der Waals surface area (Å²) in [6.45, 7) is 3.48. The molecule has 5 heteroatoms. The zero-order valence-corrected chi connectivity index (χ0v) is 11.8. The standard InChI is InChI=1S/C15H19N3O2/c1-3-7-19-14-9-15(18-11-17-14)20-13-6-4-5-12(8-13)10-16-2/h4-6,8-9,11,16H,3,7,10H2,1-2H3. The van der Waals surface area contributed by atoms with Crippen molar-refractivity contribution in [3.63, 3.8) is 0 Å². The lowest BCUT2D eigenvalue weighted by Crippen LogP contribution is -2.04. The summed E-state index contributed by atoms with van der Waals surface area (Å²) in [4.78, 5) is 8.13. The van der Waals surface area contributed by atoms with Gasteiger partial charge in [0, 0.05) is 6.54 Å². The van der Waals surface area contributed by atoms with Crippen molar-refractivity contribution in [1.29, 1.82) is 0 Å². The van der Waals surface area contributed by atoms with Gasteiger partial charge < -0.3 is 14.8 Å². The first-order valence-corrected chi connectivity index (χ1v) is 6.68. The Morgan fingerprint density at radius 3 is 2.80 bits per heavy atom. The third kappa shape index (κ3) is 4.20. The topological polar surface area (TPSA) is 56.3 Å². The molecule has 2 rings (SSSR count). The van der Waals surface area contributed by atoms with Gasteiger partial charge in [-0.05, 0) is 31.2 Å². The number of aromatic nitrogens is 2. The van der Waals surface area contributed by atoms with Gasteiger partial charge in [-0.25, -0.2) is 9.97 Å². The monoisotopic (exact) mass is 273 g/mol. The molecule has 5 nitrogen and oxygen atoms in total. The van der Waals surface area contributed by atoms with Crippen LogP contribution in [-0.2, 0) is 6.54 Å². The molecule has 2 aromatic rings. The van der Waals surface area contributed by atoms with Crippen molar-refractivity contribution < 1.29 is 9.47 Å². The third-order valence-electron chi connectivity index (χ3n) is 2.57. The van der Waals surface area contributed by atoms with E-state index >= 15 is 0 Å². The predicted molar refractivity (Wildman–Crippen MR) is 77.1 cm³/mol. The molecule has 1 aromatic carbocycles. The van der Waals surface area contributed by atoms with E-state index < -0.39 is 0 Å². The Hall–Kier alpha value is -2.14. The SMILES string of the molecule is CCCOc1cc(Oc2cccc(CNC)c2)ncn1. The molecule has 106 valence electrons. The summed E-state index contributed by atoms with van der Waals surface area (Å²) < 4.78 is 11.2. The second-order valence-corrected chi connectivity index (χ2v) is 4.32. The predicted octanol–water partition coefficient (Wildman–Crippen LogP) is 2.78. The van der Waals surface area contributed by atoms with Crippen LogP contribution in [-0.4, -0.2) is 23.6 Å². The number of hydrogen-bond acceptors (Lipinski definition) is 5. The van der Waals surface area contributed by atoms with Gasteiger partial charge in [0.15, 0.2) is 0 Å². The highest BCUT2D eigenvalue weighted by Gasteiger charge is 2.03. The maximum absolute atomic E-state index is 5.73. The van der Waals surface area contributed by atoms with Crippen LogP contribution in [0.25, 0.3) is 0 Å². The number of ether oxygens (including phenoxy) is 2. The first-order valence-electron chi connectivity index (χ1n) is 6.68. The van der Waals surface area contributed by atoms with Crippen molar-refractivity contribution in [2.24, 2.45) is 0 Å². The van der Waals surface area contributed by atoms with Crippen LogP contribution in [0, 0.1) is 0 Å². The van der Waals surface area contributed by atoms with E-state index in [1.165, 1.54) is 6.33 Å². The third-order valence-corrected chi connectivity index (χ3v) is 2.57. The average Bonchev–Trinajstić information content (AvgIpc) is 2.46. The first-order chi connectivity index (χ1) is 9.81. The minimum absolute atomic E-state index is 0.479. The molecule has 0 unspecified atom stereocenters. The summed E-state index contributed by atoms with van der Waals surface area (Å²) in [5.74, 6) is 1.76. The summed E-state index contributed by atoms with van der Waals surface area (Å²) in [6.07, 6.45) is 2.38. The minimum Gasteiger partial charge on any atom is -0.477 e. The van der Waals surface area contributed by atoms with Crippen molar-refractivity contribution in [1.82, 2.24) is 15.3 Å². The molecule has 0 radical (unpaired) electrons. The van der Waals surface area contributed by atoms with E-state index in [1.54, 1.807) is 6.07 Å². The van der Waals surface area contributed by atoms with E-state index in [4.69, 9.17) is 9.47 Å². The van der Waals surface area contributed by atoms with Gasteiger partial charge >= 0.3 is 0 Å². The fourth-order valence-corrected chi connectivity index (χ4v) is 1.71. The van der Waals surface area contributed by atoms with Crippen LogP contribution in [0.3, 0.4) is 0 Å². The molecule has 1 N–H and O–H groups in total. The van der Waals surface area contributed by atoms with Crippen molar-refractivity contribution >= 4 is 0 Å². The van der Waals surface area contributed by atoms with Gasteiger partial charge in [-0.2, -0.15) is 0 Å².